The minimum atomic E-state index is -4.14. The summed E-state index contributed by atoms with van der Waals surface area (Å²) in [7, 11) is 0. The summed E-state index contributed by atoms with van der Waals surface area (Å²) in [6.45, 7) is 0.262. The van der Waals surface area contributed by atoms with Crippen LogP contribution in [-0.2, 0) is 0 Å². The predicted octanol–water partition coefficient (Wildman–Crippen LogP) is 2.39. The third kappa shape index (κ3) is 4.01. The molecule has 2 rings (SSSR count). The molecule has 1 heterocycles. The van der Waals surface area contributed by atoms with Gasteiger partial charge in [-0.15, -0.1) is 0 Å². The number of halogens is 3. The van der Waals surface area contributed by atoms with Crippen LogP contribution in [0.4, 0.5) is 13.2 Å². The summed E-state index contributed by atoms with van der Waals surface area (Å²) in [5.41, 5.74) is 2.52. The SMILES string of the molecule is NNC(CCCC(F)(F)F)C1COc2ccccc2O1. The Kier molecular flexibility index (Phi) is 4.72. The second-order valence-corrected chi connectivity index (χ2v) is 4.69. The molecule has 0 saturated carbocycles. The van der Waals surface area contributed by atoms with Crippen molar-refractivity contribution in [2.75, 3.05) is 6.61 Å². The van der Waals surface area contributed by atoms with Gasteiger partial charge in [-0.3, -0.25) is 11.3 Å². The molecule has 112 valence electrons. The highest BCUT2D eigenvalue weighted by Crippen LogP contribution is 2.32. The predicted molar refractivity (Wildman–Crippen MR) is 67.4 cm³/mol. The van der Waals surface area contributed by atoms with Gasteiger partial charge in [-0.2, -0.15) is 13.2 Å². The first-order chi connectivity index (χ1) is 9.49. The van der Waals surface area contributed by atoms with Gasteiger partial charge in [0.05, 0.1) is 6.04 Å². The molecule has 0 aromatic heterocycles. The Bertz CT molecular complexity index is 440. The molecule has 0 radical (unpaired) electrons. The number of nitrogens with one attached hydrogen (secondary N) is 1. The van der Waals surface area contributed by atoms with Crippen LogP contribution in [0.15, 0.2) is 24.3 Å². The van der Waals surface area contributed by atoms with Crippen LogP contribution in [0.1, 0.15) is 19.3 Å². The van der Waals surface area contributed by atoms with E-state index in [-0.39, 0.29) is 25.5 Å². The Labute approximate surface area is 115 Å². The number of alkyl halides is 3. The Morgan fingerprint density at radius 2 is 2.00 bits per heavy atom. The Morgan fingerprint density at radius 1 is 1.30 bits per heavy atom. The van der Waals surface area contributed by atoms with E-state index >= 15 is 0 Å². The number of hydrogen-bond acceptors (Lipinski definition) is 4. The molecule has 4 nitrogen and oxygen atoms in total. The molecule has 0 saturated heterocycles. The normalized spacial score (nSPS) is 19.7. The van der Waals surface area contributed by atoms with E-state index in [0.717, 1.165) is 0 Å². The lowest BCUT2D eigenvalue weighted by Gasteiger charge is -2.31. The van der Waals surface area contributed by atoms with Gasteiger partial charge < -0.3 is 9.47 Å². The second kappa shape index (κ2) is 6.32. The van der Waals surface area contributed by atoms with Crippen LogP contribution in [0.3, 0.4) is 0 Å². The number of fused-ring (bicyclic) bond motifs is 1. The maximum Gasteiger partial charge on any atom is 0.389 e. The summed E-state index contributed by atoms with van der Waals surface area (Å²) in [5.74, 6) is 6.62. The number of hydrazine groups is 1. The zero-order valence-corrected chi connectivity index (χ0v) is 10.8. The Hall–Kier alpha value is -1.47. The van der Waals surface area contributed by atoms with Crippen molar-refractivity contribution in [2.24, 2.45) is 5.84 Å². The highest BCUT2D eigenvalue weighted by Gasteiger charge is 2.31. The molecule has 1 aliphatic rings. The standard InChI is InChI=1S/C13H17F3N2O2/c14-13(15,16)7-3-4-9(18-17)12-8-19-10-5-1-2-6-11(10)20-12/h1-2,5-6,9,12,18H,3-4,7-8,17H2. The van der Waals surface area contributed by atoms with Gasteiger partial charge in [-0.25, -0.2) is 0 Å². The van der Waals surface area contributed by atoms with E-state index in [9.17, 15) is 13.2 Å². The summed E-state index contributed by atoms with van der Waals surface area (Å²) in [5, 5.41) is 0. The molecule has 0 spiro atoms. The van der Waals surface area contributed by atoms with Crippen LogP contribution in [0.25, 0.3) is 0 Å². The summed E-state index contributed by atoms with van der Waals surface area (Å²) in [6, 6.07) is 6.78. The topological polar surface area (TPSA) is 56.5 Å². The van der Waals surface area contributed by atoms with Gasteiger partial charge in [0.1, 0.15) is 12.7 Å². The second-order valence-electron chi connectivity index (χ2n) is 4.69. The molecule has 20 heavy (non-hydrogen) atoms. The van der Waals surface area contributed by atoms with E-state index in [2.05, 4.69) is 5.43 Å². The maximum atomic E-state index is 12.1. The first-order valence-electron chi connectivity index (χ1n) is 6.41. The highest BCUT2D eigenvalue weighted by atomic mass is 19.4. The molecule has 2 unspecified atom stereocenters. The molecule has 0 fully saturated rings. The number of benzene rings is 1. The monoisotopic (exact) mass is 290 g/mol. The molecule has 0 amide bonds. The van der Waals surface area contributed by atoms with E-state index in [1.165, 1.54) is 0 Å². The summed E-state index contributed by atoms with van der Waals surface area (Å²) in [6.07, 6.45) is -5.10. The fourth-order valence-electron chi connectivity index (χ4n) is 2.13. The molecule has 3 N–H and O–H groups in total. The maximum absolute atomic E-state index is 12.1. The van der Waals surface area contributed by atoms with Crippen LogP contribution >= 0.6 is 0 Å². The number of rotatable bonds is 5. The van der Waals surface area contributed by atoms with Gasteiger partial charge in [-0.05, 0) is 25.0 Å². The van der Waals surface area contributed by atoms with Crippen molar-refractivity contribution >= 4 is 0 Å². The molecule has 1 aromatic carbocycles. The van der Waals surface area contributed by atoms with Gasteiger partial charge >= 0.3 is 6.18 Å². The van der Waals surface area contributed by atoms with E-state index in [4.69, 9.17) is 15.3 Å². The lowest BCUT2D eigenvalue weighted by Crippen LogP contribution is -2.50. The van der Waals surface area contributed by atoms with Crippen LogP contribution < -0.4 is 20.7 Å². The molecule has 2 atom stereocenters. The minimum Gasteiger partial charge on any atom is -0.486 e. The van der Waals surface area contributed by atoms with Crippen molar-refractivity contribution in [1.82, 2.24) is 5.43 Å². The largest absolute Gasteiger partial charge is 0.486 e. The molecule has 0 bridgehead atoms. The van der Waals surface area contributed by atoms with E-state index in [1.807, 2.05) is 6.07 Å². The lowest BCUT2D eigenvalue weighted by atomic mass is 10.0. The third-order valence-corrected chi connectivity index (χ3v) is 3.17. The molecular weight excluding hydrogens is 273 g/mol. The number of hydrogen-bond donors (Lipinski definition) is 2. The van der Waals surface area contributed by atoms with Crippen LogP contribution in [0.5, 0.6) is 11.5 Å². The van der Waals surface area contributed by atoms with Crippen molar-refractivity contribution in [3.63, 3.8) is 0 Å². The zero-order valence-electron chi connectivity index (χ0n) is 10.8. The molecular formula is C13H17F3N2O2. The van der Waals surface area contributed by atoms with Gasteiger partial charge in [0.15, 0.2) is 11.5 Å². The summed E-state index contributed by atoms with van der Waals surface area (Å²) in [4.78, 5) is 0. The van der Waals surface area contributed by atoms with Crippen molar-refractivity contribution in [1.29, 1.82) is 0 Å². The minimum absolute atomic E-state index is 0.000126. The highest BCUT2D eigenvalue weighted by molar-refractivity contribution is 5.40. The van der Waals surface area contributed by atoms with Crippen LogP contribution in [0, 0.1) is 0 Å². The molecule has 1 aliphatic heterocycles. The number of ether oxygens (including phenoxy) is 2. The van der Waals surface area contributed by atoms with Crippen LogP contribution in [0.2, 0.25) is 0 Å². The van der Waals surface area contributed by atoms with Gasteiger partial charge in [0, 0.05) is 6.42 Å². The lowest BCUT2D eigenvalue weighted by molar-refractivity contribution is -0.136. The molecule has 0 aliphatic carbocycles. The molecule has 1 aromatic rings. The Balaban J connectivity index is 1.90. The van der Waals surface area contributed by atoms with E-state index < -0.39 is 18.7 Å². The zero-order chi connectivity index (χ0) is 14.6. The Morgan fingerprint density at radius 3 is 2.65 bits per heavy atom. The average Bonchev–Trinajstić information content (AvgIpc) is 2.42. The van der Waals surface area contributed by atoms with Crippen LogP contribution in [-0.4, -0.2) is 24.9 Å². The fourth-order valence-corrected chi connectivity index (χ4v) is 2.13. The van der Waals surface area contributed by atoms with Crippen molar-refractivity contribution < 1.29 is 22.6 Å². The number of para-hydroxylation sites is 2. The summed E-state index contributed by atoms with van der Waals surface area (Å²) < 4.78 is 47.7. The van der Waals surface area contributed by atoms with E-state index in [0.29, 0.717) is 11.5 Å². The smallest absolute Gasteiger partial charge is 0.389 e. The van der Waals surface area contributed by atoms with Gasteiger partial charge in [-0.1, -0.05) is 12.1 Å². The van der Waals surface area contributed by atoms with E-state index in [1.54, 1.807) is 18.2 Å². The average molecular weight is 290 g/mol. The first kappa shape index (κ1) is 14.9. The third-order valence-electron chi connectivity index (χ3n) is 3.17. The number of nitrogens with two attached hydrogens (primary N) is 1. The van der Waals surface area contributed by atoms with Gasteiger partial charge in [0.2, 0.25) is 0 Å². The first-order valence-corrected chi connectivity index (χ1v) is 6.41. The van der Waals surface area contributed by atoms with Crippen molar-refractivity contribution in [3.8, 4) is 11.5 Å². The van der Waals surface area contributed by atoms with Crippen molar-refractivity contribution in [2.45, 2.75) is 37.6 Å². The quantitative estimate of drug-likeness (QED) is 0.646. The van der Waals surface area contributed by atoms with Gasteiger partial charge in [0.25, 0.3) is 0 Å². The summed E-state index contributed by atoms with van der Waals surface area (Å²) >= 11 is 0. The fraction of sp³-hybridized carbons (Fsp3) is 0.538. The van der Waals surface area contributed by atoms with Crippen molar-refractivity contribution in [3.05, 3.63) is 24.3 Å². The molecule has 7 heteroatoms.